The van der Waals surface area contributed by atoms with Gasteiger partial charge >= 0.3 is 15.8 Å². The Morgan fingerprint density at radius 3 is 2.38 bits per heavy atom. The standard InChI is InChI=1S/C17H12N2O4S/c20-17-18-15-8-7-14(10-16(15)19-17)24(21,22)23-13-6-5-11-3-1-2-4-12(11)9-13/h1-10H,(H2,18,19,20). The van der Waals surface area contributed by atoms with Crippen LogP contribution in [0.15, 0.2) is 70.4 Å². The molecule has 0 radical (unpaired) electrons. The number of aromatic nitrogens is 2. The molecule has 120 valence electrons. The fraction of sp³-hybridized carbons (Fsp3) is 0. The van der Waals surface area contributed by atoms with E-state index < -0.39 is 15.8 Å². The van der Waals surface area contributed by atoms with Crippen LogP contribution in [0.4, 0.5) is 0 Å². The highest BCUT2D eigenvalue weighted by atomic mass is 32.2. The van der Waals surface area contributed by atoms with Crippen molar-refractivity contribution in [3.63, 3.8) is 0 Å². The summed E-state index contributed by atoms with van der Waals surface area (Å²) in [5, 5.41) is 1.88. The molecule has 0 fully saturated rings. The summed E-state index contributed by atoms with van der Waals surface area (Å²) in [6.07, 6.45) is 0. The predicted molar refractivity (Wildman–Crippen MR) is 90.7 cm³/mol. The average molecular weight is 340 g/mol. The van der Waals surface area contributed by atoms with Crippen molar-refractivity contribution in [2.45, 2.75) is 4.90 Å². The van der Waals surface area contributed by atoms with Gasteiger partial charge in [-0.2, -0.15) is 8.42 Å². The molecule has 0 spiro atoms. The Bertz CT molecular complexity index is 1220. The van der Waals surface area contributed by atoms with E-state index in [-0.39, 0.29) is 10.6 Å². The van der Waals surface area contributed by atoms with Gasteiger partial charge in [-0.3, -0.25) is 0 Å². The van der Waals surface area contributed by atoms with E-state index in [9.17, 15) is 13.2 Å². The highest BCUT2D eigenvalue weighted by molar-refractivity contribution is 7.87. The molecule has 0 bridgehead atoms. The summed E-state index contributed by atoms with van der Waals surface area (Å²) < 4.78 is 30.1. The minimum Gasteiger partial charge on any atom is -0.379 e. The zero-order chi connectivity index (χ0) is 16.7. The van der Waals surface area contributed by atoms with E-state index in [0.717, 1.165) is 10.8 Å². The number of nitrogens with one attached hydrogen (secondary N) is 2. The number of imidazole rings is 1. The highest BCUT2D eigenvalue weighted by Crippen LogP contribution is 2.24. The smallest absolute Gasteiger partial charge is 0.339 e. The third-order valence-electron chi connectivity index (χ3n) is 3.70. The van der Waals surface area contributed by atoms with Crippen molar-refractivity contribution in [1.29, 1.82) is 0 Å². The first kappa shape index (κ1) is 14.5. The van der Waals surface area contributed by atoms with Gasteiger partial charge in [-0.25, -0.2) is 4.79 Å². The maximum atomic E-state index is 12.5. The normalized spacial score (nSPS) is 11.8. The van der Waals surface area contributed by atoms with Gasteiger partial charge in [-0.05, 0) is 41.1 Å². The first-order chi connectivity index (χ1) is 11.5. The molecule has 2 N–H and O–H groups in total. The van der Waals surface area contributed by atoms with Gasteiger partial charge in [-0.1, -0.05) is 30.3 Å². The van der Waals surface area contributed by atoms with E-state index in [1.807, 2.05) is 24.3 Å². The van der Waals surface area contributed by atoms with Gasteiger partial charge in [0.15, 0.2) is 0 Å². The Kier molecular flexibility index (Phi) is 3.17. The van der Waals surface area contributed by atoms with Gasteiger partial charge in [0.25, 0.3) is 0 Å². The predicted octanol–water partition coefficient (Wildman–Crippen LogP) is 2.78. The van der Waals surface area contributed by atoms with Gasteiger partial charge in [0.2, 0.25) is 0 Å². The number of hydrogen-bond acceptors (Lipinski definition) is 4. The van der Waals surface area contributed by atoms with Crippen LogP contribution in [-0.4, -0.2) is 18.4 Å². The Hall–Kier alpha value is -3.06. The Morgan fingerprint density at radius 2 is 1.54 bits per heavy atom. The summed E-state index contributed by atoms with van der Waals surface area (Å²) in [7, 11) is -4.00. The molecular formula is C17H12N2O4S. The number of benzene rings is 3. The van der Waals surface area contributed by atoms with Crippen LogP contribution in [0.5, 0.6) is 5.75 Å². The fourth-order valence-electron chi connectivity index (χ4n) is 2.56. The molecular weight excluding hydrogens is 328 g/mol. The molecule has 0 unspecified atom stereocenters. The van der Waals surface area contributed by atoms with E-state index in [1.165, 1.54) is 18.2 Å². The van der Waals surface area contributed by atoms with Crippen molar-refractivity contribution in [3.05, 3.63) is 71.1 Å². The number of H-pyrrole nitrogens is 2. The molecule has 0 amide bonds. The van der Waals surface area contributed by atoms with Crippen LogP contribution in [0.3, 0.4) is 0 Å². The summed E-state index contributed by atoms with van der Waals surface area (Å²) in [6.45, 7) is 0. The van der Waals surface area contributed by atoms with Crippen molar-refractivity contribution in [1.82, 2.24) is 9.97 Å². The van der Waals surface area contributed by atoms with Crippen LogP contribution in [0.1, 0.15) is 0 Å². The molecule has 0 saturated carbocycles. The Morgan fingerprint density at radius 1 is 0.792 bits per heavy atom. The first-order valence-electron chi connectivity index (χ1n) is 7.17. The van der Waals surface area contributed by atoms with E-state index >= 15 is 0 Å². The molecule has 0 atom stereocenters. The van der Waals surface area contributed by atoms with E-state index in [2.05, 4.69) is 9.97 Å². The molecule has 1 heterocycles. The van der Waals surface area contributed by atoms with Gasteiger partial charge in [0.1, 0.15) is 10.6 Å². The molecule has 7 heteroatoms. The fourth-order valence-corrected chi connectivity index (χ4v) is 3.51. The maximum Gasteiger partial charge on any atom is 0.339 e. The molecule has 4 aromatic rings. The SMILES string of the molecule is O=c1[nH]c2ccc(S(=O)(=O)Oc3ccc4ccccc4c3)cc2[nH]1. The molecule has 0 aliphatic carbocycles. The lowest BCUT2D eigenvalue weighted by Gasteiger charge is -2.08. The second-order valence-electron chi connectivity index (χ2n) is 5.33. The third kappa shape index (κ3) is 2.55. The van der Waals surface area contributed by atoms with E-state index in [1.54, 1.807) is 18.2 Å². The van der Waals surface area contributed by atoms with E-state index in [0.29, 0.717) is 11.0 Å². The van der Waals surface area contributed by atoms with E-state index in [4.69, 9.17) is 4.18 Å². The summed E-state index contributed by atoms with van der Waals surface area (Å²) in [4.78, 5) is 16.3. The van der Waals surface area contributed by atoms with Crippen molar-refractivity contribution in [2.24, 2.45) is 0 Å². The second-order valence-corrected chi connectivity index (χ2v) is 6.88. The maximum absolute atomic E-state index is 12.5. The number of hydrogen-bond donors (Lipinski definition) is 2. The molecule has 3 aromatic carbocycles. The van der Waals surface area contributed by atoms with Crippen LogP contribution in [0.25, 0.3) is 21.8 Å². The lowest BCUT2D eigenvalue weighted by Crippen LogP contribution is -2.09. The zero-order valence-corrected chi connectivity index (χ0v) is 13.1. The minimum atomic E-state index is -4.00. The molecule has 0 aliphatic heterocycles. The van der Waals surface area contributed by atoms with Crippen molar-refractivity contribution < 1.29 is 12.6 Å². The van der Waals surface area contributed by atoms with Crippen LogP contribution in [0.2, 0.25) is 0 Å². The van der Waals surface area contributed by atoms with Gasteiger partial charge in [0.05, 0.1) is 11.0 Å². The minimum absolute atomic E-state index is 0.0293. The highest BCUT2D eigenvalue weighted by Gasteiger charge is 2.18. The van der Waals surface area contributed by atoms with Crippen LogP contribution in [0, 0.1) is 0 Å². The number of aromatic amines is 2. The summed E-state index contributed by atoms with van der Waals surface area (Å²) in [5.41, 5.74) is 0.544. The van der Waals surface area contributed by atoms with Crippen LogP contribution < -0.4 is 9.87 Å². The van der Waals surface area contributed by atoms with Crippen molar-refractivity contribution in [3.8, 4) is 5.75 Å². The number of rotatable bonds is 3. The summed E-state index contributed by atoms with van der Waals surface area (Å²) in [6, 6.07) is 16.9. The van der Waals surface area contributed by atoms with Gasteiger partial charge < -0.3 is 14.2 Å². The van der Waals surface area contributed by atoms with Crippen molar-refractivity contribution in [2.75, 3.05) is 0 Å². The quantitative estimate of drug-likeness (QED) is 0.561. The Balaban J connectivity index is 1.73. The monoisotopic (exact) mass is 340 g/mol. The molecule has 24 heavy (non-hydrogen) atoms. The summed E-state index contributed by atoms with van der Waals surface area (Å²) in [5.74, 6) is 0.233. The molecule has 0 aliphatic rings. The summed E-state index contributed by atoms with van der Waals surface area (Å²) >= 11 is 0. The largest absolute Gasteiger partial charge is 0.379 e. The van der Waals surface area contributed by atoms with Gasteiger partial charge in [0, 0.05) is 0 Å². The van der Waals surface area contributed by atoms with Crippen LogP contribution >= 0.6 is 0 Å². The lowest BCUT2D eigenvalue weighted by molar-refractivity contribution is 0.486. The topological polar surface area (TPSA) is 92.0 Å². The zero-order valence-electron chi connectivity index (χ0n) is 12.3. The second kappa shape index (κ2) is 5.24. The third-order valence-corrected chi connectivity index (χ3v) is 4.95. The Labute approximate surface area is 136 Å². The molecule has 4 rings (SSSR count). The molecule has 0 saturated heterocycles. The lowest BCUT2D eigenvalue weighted by atomic mass is 10.1. The first-order valence-corrected chi connectivity index (χ1v) is 8.57. The molecule has 6 nitrogen and oxygen atoms in total. The van der Waals surface area contributed by atoms with Crippen molar-refractivity contribution >= 4 is 31.9 Å². The molecule has 1 aromatic heterocycles. The van der Waals surface area contributed by atoms with Gasteiger partial charge in [-0.15, -0.1) is 0 Å². The van der Waals surface area contributed by atoms with Crippen LogP contribution in [-0.2, 0) is 10.1 Å². The number of fused-ring (bicyclic) bond motifs is 2. The average Bonchev–Trinajstić information content (AvgIpc) is 2.93.